The number of carbonyl (C=O) groups excluding carboxylic acids is 1. The topological polar surface area (TPSA) is 57.6 Å². The van der Waals surface area contributed by atoms with Crippen molar-refractivity contribution >= 4 is 28.0 Å². The Labute approximate surface area is 185 Å². The average Bonchev–Trinajstić information content (AvgIpc) is 3.24. The predicted octanol–water partition coefficient (Wildman–Crippen LogP) is 5.29. The van der Waals surface area contributed by atoms with Crippen LogP contribution in [0.25, 0.3) is 22.0 Å². The van der Waals surface area contributed by atoms with Crippen LogP contribution in [0, 0.1) is 0 Å². The highest BCUT2D eigenvalue weighted by Crippen LogP contribution is 2.34. The summed E-state index contributed by atoms with van der Waals surface area (Å²) in [6, 6.07) is 27.1. The van der Waals surface area contributed by atoms with Gasteiger partial charge >= 0.3 is 5.97 Å². The molecule has 0 bridgehead atoms. The summed E-state index contributed by atoms with van der Waals surface area (Å²) >= 11 is 0. The monoisotopic (exact) mass is 423 g/mol. The summed E-state index contributed by atoms with van der Waals surface area (Å²) in [7, 11) is 1.61. The maximum absolute atomic E-state index is 12.4. The van der Waals surface area contributed by atoms with E-state index in [4.69, 9.17) is 14.2 Å². The lowest BCUT2D eigenvalue weighted by Crippen LogP contribution is -1.99. The molecule has 5 rings (SSSR count). The van der Waals surface area contributed by atoms with Gasteiger partial charge in [0.25, 0.3) is 0 Å². The first-order valence-corrected chi connectivity index (χ1v) is 10.3. The quantitative estimate of drug-likeness (QED) is 0.395. The molecule has 0 spiro atoms. The van der Waals surface area contributed by atoms with E-state index in [1.54, 1.807) is 7.11 Å². The number of esters is 1. The molecule has 32 heavy (non-hydrogen) atoms. The highest BCUT2D eigenvalue weighted by molar-refractivity contribution is 6.27. The van der Waals surface area contributed by atoms with Crippen LogP contribution in [0.3, 0.4) is 0 Å². The Kier molecular flexibility index (Phi) is 5.30. The van der Waals surface area contributed by atoms with E-state index in [0.717, 1.165) is 44.8 Å². The summed E-state index contributed by atoms with van der Waals surface area (Å²) in [5.41, 5.74) is 5.01. The van der Waals surface area contributed by atoms with Crippen molar-refractivity contribution < 1.29 is 19.0 Å². The van der Waals surface area contributed by atoms with Crippen LogP contribution in [0.15, 0.2) is 84.9 Å². The van der Waals surface area contributed by atoms with E-state index >= 15 is 0 Å². The molecule has 1 aromatic heterocycles. The van der Waals surface area contributed by atoms with Crippen molar-refractivity contribution in [2.75, 3.05) is 13.7 Å². The smallest absolute Gasteiger partial charge is 0.339 e. The van der Waals surface area contributed by atoms with Gasteiger partial charge in [-0.05, 0) is 47.5 Å². The molecule has 4 aromatic rings. The number of pyridine rings is 1. The number of ether oxygens (including phenoxy) is 3. The highest BCUT2D eigenvalue weighted by atomic mass is 16.5. The van der Waals surface area contributed by atoms with E-state index < -0.39 is 0 Å². The molecule has 2 heterocycles. The number of hydrogen-bond donors (Lipinski definition) is 0. The van der Waals surface area contributed by atoms with Gasteiger partial charge in [0.05, 0.1) is 23.9 Å². The molecule has 0 saturated carbocycles. The van der Waals surface area contributed by atoms with Crippen molar-refractivity contribution in [3.05, 3.63) is 102 Å². The lowest BCUT2D eigenvalue weighted by atomic mass is 9.96. The number of para-hydroxylation sites is 1. The van der Waals surface area contributed by atoms with Crippen LogP contribution in [0.4, 0.5) is 0 Å². The summed E-state index contributed by atoms with van der Waals surface area (Å²) in [5, 5.41) is 1.11. The number of methoxy groups -OCH3 is 1. The third kappa shape index (κ3) is 3.93. The summed E-state index contributed by atoms with van der Waals surface area (Å²) < 4.78 is 16.5. The first-order chi connectivity index (χ1) is 15.7. The second kappa shape index (κ2) is 8.55. The van der Waals surface area contributed by atoms with Gasteiger partial charge in [-0.25, -0.2) is 9.78 Å². The minimum atomic E-state index is -0.312. The van der Waals surface area contributed by atoms with E-state index in [2.05, 4.69) is 11.1 Å². The minimum Gasteiger partial charge on any atom is -0.497 e. The van der Waals surface area contributed by atoms with Crippen molar-refractivity contribution in [1.82, 2.24) is 4.98 Å². The molecule has 5 heteroatoms. The van der Waals surface area contributed by atoms with Gasteiger partial charge in [-0.3, -0.25) is 0 Å². The van der Waals surface area contributed by atoms with Crippen LogP contribution >= 0.6 is 0 Å². The van der Waals surface area contributed by atoms with Crippen LogP contribution in [0.1, 0.15) is 16.8 Å². The number of rotatable bonds is 6. The van der Waals surface area contributed by atoms with Gasteiger partial charge in [-0.15, -0.1) is 0 Å². The van der Waals surface area contributed by atoms with Gasteiger partial charge in [0.15, 0.2) is 0 Å². The molecule has 0 atom stereocenters. The molecule has 158 valence electrons. The number of fused-ring (bicyclic) bond motifs is 1. The third-order valence-electron chi connectivity index (χ3n) is 5.48. The molecule has 0 radical (unpaired) electrons. The van der Waals surface area contributed by atoms with Crippen LogP contribution in [0.5, 0.6) is 11.5 Å². The standard InChI is InChI=1S/C27H21NO4/c1-30-22-12-9-20(10-13-22)26-24(17-32-27(26)29)18-7-14-23(15-8-18)31-16-21-11-6-19-4-2-3-5-25(19)28-21/h2-15H,16-17H2,1H3. The Balaban J connectivity index is 1.34. The summed E-state index contributed by atoms with van der Waals surface area (Å²) in [4.78, 5) is 17.0. The highest BCUT2D eigenvalue weighted by Gasteiger charge is 2.27. The van der Waals surface area contributed by atoms with Crippen molar-refractivity contribution in [3.63, 3.8) is 0 Å². The third-order valence-corrected chi connectivity index (χ3v) is 5.48. The van der Waals surface area contributed by atoms with Crippen LogP contribution in [0.2, 0.25) is 0 Å². The summed E-state index contributed by atoms with van der Waals surface area (Å²) in [6.45, 7) is 0.632. The number of nitrogens with zero attached hydrogens (tertiary/aromatic N) is 1. The van der Waals surface area contributed by atoms with E-state index in [1.165, 1.54) is 0 Å². The lowest BCUT2D eigenvalue weighted by molar-refractivity contribution is -0.133. The Hall–Kier alpha value is -4.12. The fourth-order valence-electron chi connectivity index (χ4n) is 3.78. The van der Waals surface area contributed by atoms with Gasteiger partial charge in [-0.2, -0.15) is 0 Å². The molecule has 1 aliphatic heterocycles. The number of aromatic nitrogens is 1. The Morgan fingerprint density at radius 1 is 0.844 bits per heavy atom. The number of benzene rings is 3. The van der Waals surface area contributed by atoms with Crippen molar-refractivity contribution in [3.8, 4) is 11.5 Å². The van der Waals surface area contributed by atoms with Crippen molar-refractivity contribution in [1.29, 1.82) is 0 Å². The maximum Gasteiger partial charge on any atom is 0.339 e. The molecule has 0 N–H and O–H groups in total. The van der Waals surface area contributed by atoms with E-state index in [1.807, 2.05) is 78.9 Å². The minimum absolute atomic E-state index is 0.251. The van der Waals surface area contributed by atoms with Crippen molar-refractivity contribution in [2.24, 2.45) is 0 Å². The summed E-state index contributed by atoms with van der Waals surface area (Å²) in [5.74, 6) is 1.16. The van der Waals surface area contributed by atoms with E-state index in [0.29, 0.717) is 12.2 Å². The molecule has 3 aromatic carbocycles. The molecular weight excluding hydrogens is 402 g/mol. The molecule has 0 aliphatic carbocycles. The lowest BCUT2D eigenvalue weighted by Gasteiger charge is -2.09. The van der Waals surface area contributed by atoms with E-state index in [-0.39, 0.29) is 12.6 Å². The second-order valence-corrected chi connectivity index (χ2v) is 7.47. The average molecular weight is 423 g/mol. The Bertz CT molecular complexity index is 1310. The normalized spacial score (nSPS) is 13.3. The molecule has 5 nitrogen and oxygen atoms in total. The molecule has 0 unspecified atom stereocenters. The van der Waals surface area contributed by atoms with Gasteiger partial charge in [0, 0.05) is 11.0 Å². The molecule has 1 aliphatic rings. The Morgan fingerprint density at radius 2 is 1.56 bits per heavy atom. The van der Waals surface area contributed by atoms with Crippen LogP contribution in [-0.2, 0) is 16.1 Å². The fraction of sp³-hybridized carbons (Fsp3) is 0.111. The first-order valence-electron chi connectivity index (χ1n) is 10.3. The number of cyclic esters (lactones) is 1. The number of carbonyl (C=O) groups is 1. The fourth-order valence-corrected chi connectivity index (χ4v) is 3.78. The second-order valence-electron chi connectivity index (χ2n) is 7.47. The van der Waals surface area contributed by atoms with Gasteiger partial charge in [0.1, 0.15) is 24.7 Å². The molecule has 0 saturated heterocycles. The first kappa shape index (κ1) is 19.8. The zero-order chi connectivity index (χ0) is 21.9. The van der Waals surface area contributed by atoms with Crippen LogP contribution in [-0.4, -0.2) is 24.7 Å². The number of hydrogen-bond acceptors (Lipinski definition) is 5. The van der Waals surface area contributed by atoms with Gasteiger partial charge < -0.3 is 14.2 Å². The van der Waals surface area contributed by atoms with E-state index in [9.17, 15) is 4.79 Å². The van der Waals surface area contributed by atoms with Crippen molar-refractivity contribution in [2.45, 2.75) is 6.61 Å². The summed E-state index contributed by atoms with van der Waals surface area (Å²) in [6.07, 6.45) is 0. The zero-order valence-corrected chi connectivity index (χ0v) is 17.6. The molecule has 0 fully saturated rings. The SMILES string of the molecule is COc1ccc(C2=C(c3ccc(OCc4ccc5ccccc5n4)cc3)COC2=O)cc1. The maximum atomic E-state index is 12.4. The predicted molar refractivity (Wildman–Crippen MR) is 123 cm³/mol. The zero-order valence-electron chi connectivity index (χ0n) is 17.6. The molecule has 0 amide bonds. The van der Waals surface area contributed by atoms with Gasteiger partial charge in [-0.1, -0.05) is 48.5 Å². The van der Waals surface area contributed by atoms with Crippen LogP contribution < -0.4 is 9.47 Å². The Morgan fingerprint density at radius 3 is 2.34 bits per heavy atom. The van der Waals surface area contributed by atoms with Gasteiger partial charge in [0.2, 0.25) is 0 Å². The molecular formula is C27H21NO4. The largest absolute Gasteiger partial charge is 0.497 e.